The lowest BCUT2D eigenvalue weighted by Gasteiger charge is -2.07. The van der Waals surface area contributed by atoms with Crippen LogP contribution in [0.3, 0.4) is 0 Å². The highest BCUT2D eigenvalue weighted by molar-refractivity contribution is 6.08. The van der Waals surface area contributed by atoms with Crippen molar-refractivity contribution >= 4 is 11.9 Å². The minimum absolute atomic E-state index is 0.0993. The Morgan fingerprint density at radius 3 is 2.43 bits per heavy atom. The molecule has 108 valence electrons. The largest absolute Gasteiger partial charge is 0.496 e. The molecule has 0 spiro atoms. The Morgan fingerprint density at radius 1 is 1.00 bits per heavy atom. The first-order chi connectivity index (χ1) is 10.2. The van der Waals surface area contributed by atoms with Crippen molar-refractivity contribution in [2.75, 3.05) is 14.2 Å². The van der Waals surface area contributed by atoms with Crippen LogP contribution in [0.15, 0.2) is 48.5 Å². The molecule has 0 radical (unpaired) electrons. The van der Waals surface area contributed by atoms with Gasteiger partial charge in [0.2, 0.25) is 0 Å². The number of benzene rings is 2. The van der Waals surface area contributed by atoms with Gasteiger partial charge in [-0.05, 0) is 42.8 Å². The molecule has 2 aromatic rings. The van der Waals surface area contributed by atoms with Crippen LogP contribution in [0.1, 0.15) is 21.5 Å². The summed E-state index contributed by atoms with van der Waals surface area (Å²) in [4.78, 5) is 12.3. The van der Waals surface area contributed by atoms with Crippen LogP contribution in [0.25, 0.3) is 6.08 Å². The van der Waals surface area contributed by atoms with E-state index in [4.69, 9.17) is 9.47 Å². The van der Waals surface area contributed by atoms with E-state index in [9.17, 15) is 4.79 Å². The minimum Gasteiger partial charge on any atom is -0.496 e. The summed E-state index contributed by atoms with van der Waals surface area (Å²) in [5, 5.41) is 0. The Labute approximate surface area is 124 Å². The zero-order valence-corrected chi connectivity index (χ0v) is 12.4. The summed E-state index contributed by atoms with van der Waals surface area (Å²) in [6, 6.07) is 13.1. The first kappa shape index (κ1) is 14.9. The Bertz CT molecular complexity index is 672. The number of ketones is 1. The van der Waals surface area contributed by atoms with Crippen molar-refractivity contribution in [2.24, 2.45) is 0 Å². The number of aryl methyl sites for hydroxylation is 1. The average molecular weight is 282 g/mol. The fourth-order valence-corrected chi connectivity index (χ4v) is 2.06. The molecule has 0 aliphatic heterocycles. The molecule has 3 heteroatoms. The summed E-state index contributed by atoms with van der Waals surface area (Å²) in [6.07, 6.45) is 3.28. The Hall–Kier alpha value is -2.55. The molecule has 0 amide bonds. The van der Waals surface area contributed by atoms with Crippen LogP contribution in [0.4, 0.5) is 0 Å². The number of rotatable bonds is 5. The van der Waals surface area contributed by atoms with E-state index < -0.39 is 0 Å². The Kier molecular flexibility index (Phi) is 4.77. The number of para-hydroxylation sites is 1. The molecule has 0 atom stereocenters. The summed E-state index contributed by atoms with van der Waals surface area (Å²) >= 11 is 0. The summed E-state index contributed by atoms with van der Waals surface area (Å²) in [7, 11) is 3.17. The van der Waals surface area contributed by atoms with Crippen LogP contribution in [0, 0.1) is 6.92 Å². The molecule has 21 heavy (non-hydrogen) atoms. The summed E-state index contributed by atoms with van der Waals surface area (Å²) in [5.41, 5.74) is 2.46. The zero-order valence-electron chi connectivity index (χ0n) is 12.4. The number of carbonyl (C=O) groups excluding carboxylic acids is 1. The van der Waals surface area contributed by atoms with Crippen molar-refractivity contribution in [1.82, 2.24) is 0 Å². The molecule has 0 heterocycles. The van der Waals surface area contributed by atoms with E-state index in [1.165, 1.54) is 6.08 Å². The molecule has 0 N–H and O–H groups in total. The normalized spacial score (nSPS) is 10.6. The highest BCUT2D eigenvalue weighted by Crippen LogP contribution is 2.22. The van der Waals surface area contributed by atoms with Gasteiger partial charge in [-0.15, -0.1) is 0 Å². The maximum atomic E-state index is 12.3. The molecular formula is C18H18O3. The van der Waals surface area contributed by atoms with Crippen molar-refractivity contribution in [3.05, 3.63) is 65.2 Å². The van der Waals surface area contributed by atoms with Gasteiger partial charge in [0.15, 0.2) is 5.78 Å². The average Bonchev–Trinajstić information content (AvgIpc) is 2.52. The first-order valence-corrected chi connectivity index (χ1v) is 6.65. The second kappa shape index (κ2) is 6.75. The number of hydrogen-bond acceptors (Lipinski definition) is 3. The lowest BCUT2D eigenvalue weighted by molar-refractivity contribution is 0.104. The maximum Gasteiger partial charge on any atom is 0.189 e. The van der Waals surface area contributed by atoms with Gasteiger partial charge in [-0.3, -0.25) is 4.79 Å². The van der Waals surface area contributed by atoms with Crippen LogP contribution in [-0.4, -0.2) is 20.0 Å². The number of carbonyl (C=O) groups is 1. The third-order valence-corrected chi connectivity index (χ3v) is 3.18. The van der Waals surface area contributed by atoms with Gasteiger partial charge >= 0.3 is 0 Å². The van der Waals surface area contributed by atoms with Gasteiger partial charge in [-0.25, -0.2) is 0 Å². The number of allylic oxidation sites excluding steroid dienone is 1. The van der Waals surface area contributed by atoms with E-state index in [1.54, 1.807) is 26.4 Å². The second-order valence-corrected chi connectivity index (χ2v) is 4.64. The number of hydrogen-bond donors (Lipinski definition) is 0. The van der Waals surface area contributed by atoms with Gasteiger partial charge in [0, 0.05) is 5.56 Å². The molecule has 3 nitrogen and oxygen atoms in total. The van der Waals surface area contributed by atoms with E-state index in [-0.39, 0.29) is 5.78 Å². The van der Waals surface area contributed by atoms with Gasteiger partial charge in [0.25, 0.3) is 0 Å². The van der Waals surface area contributed by atoms with Gasteiger partial charge in [0.1, 0.15) is 11.5 Å². The zero-order chi connectivity index (χ0) is 15.2. The predicted octanol–water partition coefficient (Wildman–Crippen LogP) is 3.91. The van der Waals surface area contributed by atoms with Crippen molar-refractivity contribution in [3.63, 3.8) is 0 Å². The van der Waals surface area contributed by atoms with Crippen LogP contribution >= 0.6 is 0 Å². The van der Waals surface area contributed by atoms with Gasteiger partial charge < -0.3 is 9.47 Å². The van der Waals surface area contributed by atoms with Crippen LogP contribution in [-0.2, 0) is 0 Å². The predicted molar refractivity (Wildman–Crippen MR) is 84.1 cm³/mol. The number of methoxy groups -OCH3 is 2. The van der Waals surface area contributed by atoms with Crippen molar-refractivity contribution in [1.29, 1.82) is 0 Å². The van der Waals surface area contributed by atoms with Crippen LogP contribution < -0.4 is 9.47 Å². The standard InChI is InChI=1S/C18H18O3/c1-13-8-10-15(18(12-13)21-3)16(19)11-9-14-6-4-5-7-17(14)20-2/h4-12H,1-3H3/b11-9+. The fraction of sp³-hybridized carbons (Fsp3) is 0.167. The fourth-order valence-electron chi connectivity index (χ4n) is 2.06. The molecule has 0 saturated carbocycles. The molecule has 0 bridgehead atoms. The third-order valence-electron chi connectivity index (χ3n) is 3.18. The van der Waals surface area contributed by atoms with Gasteiger partial charge in [-0.2, -0.15) is 0 Å². The van der Waals surface area contributed by atoms with Gasteiger partial charge in [-0.1, -0.05) is 24.3 Å². The molecule has 0 unspecified atom stereocenters. The molecule has 0 aliphatic rings. The highest BCUT2D eigenvalue weighted by Gasteiger charge is 2.09. The van der Waals surface area contributed by atoms with E-state index >= 15 is 0 Å². The minimum atomic E-state index is -0.0993. The Balaban J connectivity index is 2.27. The molecule has 0 saturated heterocycles. The van der Waals surface area contributed by atoms with E-state index in [0.717, 1.165) is 16.9 Å². The van der Waals surface area contributed by atoms with E-state index in [0.29, 0.717) is 11.3 Å². The van der Waals surface area contributed by atoms with Crippen molar-refractivity contribution in [2.45, 2.75) is 6.92 Å². The molecule has 2 rings (SSSR count). The highest BCUT2D eigenvalue weighted by atomic mass is 16.5. The molecule has 0 aromatic heterocycles. The lowest BCUT2D eigenvalue weighted by atomic mass is 10.1. The molecular weight excluding hydrogens is 264 g/mol. The smallest absolute Gasteiger partial charge is 0.189 e. The quantitative estimate of drug-likeness (QED) is 0.616. The number of ether oxygens (including phenoxy) is 2. The summed E-state index contributed by atoms with van der Waals surface area (Å²) in [5.74, 6) is 1.22. The molecule has 0 aliphatic carbocycles. The van der Waals surface area contributed by atoms with Crippen molar-refractivity contribution < 1.29 is 14.3 Å². The third kappa shape index (κ3) is 3.51. The van der Waals surface area contributed by atoms with Gasteiger partial charge in [0.05, 0.1) is 19.8 Å². The maximum absolute atomic E-state index is 12.3. The second-order valence-electron chi connectivity index (χ2n) is 4.64. The van der Waals surface area contributed by atoms with Crippen molar-refractivity contribution in [3.8, 4) is 11.5 Å². The topological polar surface area (TPSA) is 35.5 Å². The molecule has 2 aromatic carbocycles. The van der Waals surface area contributed by atoms with Crippen LogP contribution in [0.5, 0.6) is 11.5 Å². The lowest BCUT2D eigenvalue weighted by Crippen LogP contribution is -1.99. The van der Waals surface area contributed by atoms with E-state index in [2.05, 4.69) is 0 Å². The van der Waals surface area contributed by atoms with E-state index in [1.807, 2.05) is 43.3 Å². The SMILES string of the molecule is COc1ccccc1/C=C/C(=O)c1ccc(C)cc1OC. The van der Waals surface area contributed by atoms with Crippen LogP contribution in [0.2, 0.25) is 0 Å². The first-order valence-electron chi connectivity index (χ1n) is 6.65. The monoisotopic (exact) mass is 282 g/mol. The Morgan fingerprint density at radius 2 is 1.71 bits per heavy atom. The summed E-state index contributed by atoms with van der Waals surface area (Å²) < 4.78 is 10.5. The summed E-state index contributed by atoms with van der Waals surface area (Å²) in [6.45, 7) is 1.96. The molecule has 0 fully saturated rings.